The lowest BCUT2D eigenvalue weighted by atomic mass is 10.0. The minimum Gasteiger partial charge on any atom is -0.491 e. The molecule has 0 aromatic heterocycles. The molecule has 3 atom stereocenters. The second-order valence-electron chi connectivity index (χ2n) is 12.0. The Balaban J connectivity index is 1.50. The van der Waals surface area contributed by atoms with Crippen LogP contribution in [0.4, 0.5) is 0 Å². The minimum absolute atomic E-state index is 0.0636. The Morgan fingerprint density at radius 1 is 0.979 bits per heavy atom. The topological polar surface area (TPSA) is 135 Å². The molecule has 0 saturated carbocycles. The van der Waals surface area contributed by atoms with Gasteiger partial charge in [-0.15, -0.1) is 0 Å². The van der Waals surface area contributed by atoms with Crippen LogP contribution in [-0.4, -0.2) is 73.0 Å². The lowest BCUT2D eigenvalue weighted by Crippen LogP contribution is -2.54. The number of benzene rings is 3. The summed E-state index contributed by atoms with van der Waals surface area (Å²) in [4.78, 5) is 55.6. The summed E-state index contributed by atoms with van der Waals surface area (Å²) >= 11 is 5.99. The zero-order valence-electron chi connectivity index (χ0n) is 27.7. The fourth-order valence-electron chi connectivity index (χ4n) is 5.15. The van der Waals surface area contributed by atoms with Gasteiger partial charge in [0, 0.05) is 11.6 Å². The molecule has 3 N–H and O–H groups in total. The molecule has 0 bridgehead atoms. The van der Waals surface area contributed by atoms with Crippen molar-refractivity contribution in [3.63, 3.8) is 0 Å². The number of carbonyl (C=O) groups excluding carboxylic acids is 4. The van der Waals surface area contributed by atoms with Crippen molar-refractivity contribution in [1.82, 2.24) is 20.9 Å². The highest BCUT2D eigenvalue weighted by Crippen LogP contribution is 2.32. The molecule has 3 aromatic carbocycles. The summed E-state index contributed by atoms with van der Waals surface area (Å²) < 4.78 is 17.9. The van der Waals surface area contributed by atoms with Gasteiger partial charge in [0.05, 0.1) is 24.6 Å². The van der Waals surface area contributed by atoms with Crippen molar-refractivity contribution in [1.29, 1.82) is 0 Å². The number of nitrogens with zero attached hydrogens (tertiary/aromatic N) is 1. The molecule has 12 heteroatoms. The van der Waals surface area contributed by atoms with E-state index in [0.717, 1.165) is 0 Å². The predicted molar refractivity (Wildman–Crippen MR) is 183 cm³/mol. The molecule has 0 unspecified atom stereocenters. The first kappa shape index (κ1) is 36.1. The van der Waals surface area contributed by atoms with Crippen LogP contribution in [0.1, 0.15) is 50.9 Å². The molecular formula is C36H43ClN4O7. The summed E-state index contributed by atoms with van der Waals surface area (Å²) in [5.74, 6) is -0.0115. The van der Waals surface area contributed by atoms with Crippen molar-refractivity contribution in [2.45, 2.75) is 58.7 Å². The highest BCUT2D eigenvalue weighted by atomic mass is 35.5. The number of fused-ring (bicyclic) bond motifs is 1. The second-order valence-corrected chi connectivity index (χ2v) is 12.4. The number of nitrogens with one attached hydrogen (secondary N) is 3. The number of ether oxygens (including phenoxy) is 3. The maximum atomic E-state index is 13.6. The standard InChI is InChI=1S/C36H43ClN4O7/c1-5-41-18-19-46-30-11-7-6-10-27(30)34(43)40-28(21-33(42)39-29(36(41)45)20-23(2)3)35(44)38-24(4)22-47-31-12-8-9-13-32(31)48-26-16-14-25(37)15-17-26/h6-17,23-24,28-29H,5,18-22H2,1-4H3,(H,38,44)(H,39,42)(H,40,43)/t24-,28+,29-/m1/s1. The number of rotatable bonds is 10. The third-order valence-corrected chi connectivity index (χ3v) is 7.82. The molecule has 0 fully saturated rings. The van der Waals surface area contributed by atoms with Crippen molar-refractivity contribution < 1.29 is 33.4 Å². The Hall–Kier alpha value is -4.77. The minimum atomic E-state index is -1.26. The van der Waals surface area contributed by atoms with Crippen LogP contribution >= 0.6 is 11.6 Å². The van der Waals surface area contributed by atoms with Crippen LogP contribution in [0.3, 0.4) is 0 Å². The summed E-state index contributed by atoms with van der Waals surface area (Å²) in [7, 11) is 0. The number of halogens is 1. The van der Waals surface area contributed by atoms with Crippen LogP contribution in [0.2, 0.25) is 5.02 Å². The summed E-state index contributed by atoms with van der Waals surface area (Å²) in [6, 6.07) is 18.1. The lowest BCUT2D eigenvalue weighted by molar-refractivity contribution is -0.137. The normalized spacial score (nSPS) is 18.0. The van der Waals surface area contributed by atoms with E-state index in [9.17, 15) is 19.2 Å². The molecule has 3 aromatic rings. The second kappa shape index (κ2) is 17.4. The monoisotopic (exact) mass is 678 g/mol. The number of hydrogen-bond acceptors (Lipinski definition) is 7. The molecule has 4 rings (SSSR count). The van der Waals surface area contributed by atoms with E-state index >= 15 is 0 Å². The maximum Gasteiger partial charge on any atom is 0.255 e. The van der Waals surface area contributed by atoms with Gasteiger partial charge < -0.3 is 35.1 Å². The first-order chi connectivity index (χ1) is 23.0. The Kier molecular flexibility index (Phi) is 13.1. The summed E-state index contributed by atoms with van der Waals surface area (Å²) in [5.41, 5.74) is 0.202. The van der Waals surface area contributed by atoms with Crippen LogP contribution in [0.25, 0.3) is 0 Å². The molecule has 1 aliphatic rings. The van der Waals surface area contributed by atoms with E-state index in [0.29, 0.717) is 41.0 Å². The molecule has 0 spiro atoms. The van der Waals surface area contributed by atoms with E-state index in [1.54, 1.807) is 78.6 Å². The van der Waals surface area contributed by atoms with E-state index in [1.165, 1.54) is 0 Å². The number of para-hydroxylation sites is 3. The zero-order chi connectivity index (χ0) is 34.6. The molecule has 48 heavy (non-hydrogen) atoms. The van der Waals surface area contributed by atoms with Gasteiger partial charge in [-0.2, -0.15) is 0 Å². The van der Waals surface area contributed by atoms with Crippen molar-refractivity contribution >= 4 is 35.2 Å². The highest BCUT2D eigenvalue weighted by Gasteiger charge is 2.31. The van der Waals surface area contributed by atoms with Crippen molar-refractivity contribution in [3.05, 3.63) is 83.4 Å². The van der Waals surface area contributed by atoms with Gasteiger partial charge in [0.25, 0.3) is 5.91 Å². The number of likely N-dealkylation sites (N-methyl/N-ethyl adjacent to an activating group) is 1. The van der Waals surface area contributed by atoms with Gasteiger partial charge in [-0.25, -0.2) is 0 Å². The van der Waals surface area contributed by atoms with E-state index in [-0.39, 0.29) is 43.6 Å². The van der Waals surface area contributed by atoms with Crippen LogP contribution in [0, 0.1) is 5.92 Å². The lowest BCUT2D eigenvalue weighted by Gasteiger charge is -2.29. The van der Waals surface area contributed by atoms with Gasteiger partial charge in [-0.1, -0.05) is 49.7 Å². The summed E-state index contributed by atoms with van der Waals surface area (Å²) in [6.07, 6.45) is 0.0194. The molecule has 0 saturated heterocycles. The van der Waals surface area contributed by atoms with Crippen molar-refractivity contribution in [2.75, 3.05) is 26.3 Å². The fourth-order valence-corrected chi connectivity index (χ4v) is 5.28. The van der Waals surface area contributed by atoms with Gasteiger partial charge in [-0.05, 0) is 74.7 Å². The zero-order valence-corrected chi connectivity index (χ0v) is 28.4. The number of carbonyl (C=O) groups is 4. The van der Waals surface area contributed by atoms with E-state index in [2.05, 4.69) is 16.0 Å². The molecule has 256 valence electrons. The van der Waals surface area contributed by atoms with Crippen LogP contribution < -0.4 is 30.2 Å². The van der Waals surface area contributed by atoms with Gasteiger partial charge in [-0.3, -0.25) is 19.2 Å². The van der Waals surface area contributed by atoms with Crippen molar-refractivity contribution in [2.24, 2.45) is 5.92 Å². The Labute approximate surface area is 286 Å². The Bertz CT molecular complexity index is 1570. The third kappa shape index (κ3) is 10.4. The Morgan fingerprint density at radius 2 is 1.67 bits per heavy atom. The number of amides is 4. The molecule has 11 nitrogen and oxygen atoms in total. The van der Waals surface area contributed by atoms with Gasteiger partial charge in [0.2, 0.25) is 17.7 Å². The molecule has 0 radical (unpaired) electrons. The molecule has 4 amide bonds. The molecule has 1 aliphatic heterocycles. The first-order valence-corrected chi connectivity index (χ1v) is 16.5. The van der Waals surface area contributed by atoms with Crippen LogP contribution in [-0.2, 0) is 14.4 Å². The van der Waals surface area contributed by atoms with Gasteiger partial charge in [0.1, 0.15) is 36.8 Å². The molecular weight excluding hydrogens is 636 g/mol. The smallest absolute Gasteiger partial charge is 0.255 e. The van der Waals surface area contributed by atoms with Gasteiger partial charge >= 0.3 is 0 Å². The van der Waals surface area contributed by atoms with Gasteiger partial charge in [0.15, 0.2) is 11.5 Å². The SMILES string of the molecule is CCN1CCOc2ccccc2C(=O)N[C@H](C(=O)N[C@H](C)COc2ccccc2Oc2ccc(Cl)cc2)CC(=O)N[C@H](CC(C)C)C1=O. The average molecular weight is 679 g/mol. The first-order valence-electron chi connectivity index (χ1n) is 16.1. The quantitative estimate of drug-likeness (QED) is 0.275. The van der Waals surface area contributed by atoms with Crippen LogP contribution in [0.5, 0.6) is 23.0 Å². The molecule has 0 aliphatic carbocycles. The average Bonchev–Trinajstić information content (AvgIpc) is 3.06. The predicted octanol–water partition coefficient (Wildman–Crippen LogP) is 4.98. The molecule has 1 heterocycles. The maximum absolute atomic E-state index is 13.6. The van der Waals surface area contributed by atoms with E-state index < -0.39 is 35.8 Å². The van der Waals surface area contributed by atoms with E-state index in [4.69, 9.17) is 25.8 Å². The summed E-state index contributed by atoms with van der Waals surface area (Å²) in [6.45, 7) is 8.41. The Morgan fingerprint density at radius 3 is 2.38 bits per heavy atom. The number of hydrogen-bond donors (Lipinski definition) is 3. The van der Waals surface area contributed by atoms with Crippen LogP contribution in [0.15, 0.2) is 72.8 Å². The third-order valence-electron chi connectivity index (χ3n) is 7.56. The van der Waals surface area contributed by atoms with E-state index in [1.807, 2.05) is 26.8 Å². The van der Waals surface area contributed by atoms with Crippen molar-refractivity contribution in [3.8, 4) is 23.0 Å². The highest BCUT2D eigenvalue weighted by molar-refractivity contribution is 6.30. The largest absolute Gasteiger partial charge is 0.491 e. The fraction of sp³-hybridized carbons (Fsp3) is 0.389. The summed E-state index contributed by atoms with van der Waals surface area (Å²) in [5, 5.41) is 8.95.